The molecule has 0 aliphatic carbocycles. The predicted molar refractivity (Wildman–Crippen MR) is 117 cm³/mol. The van der Waals surface area contributed by atoms with E-state index in [1.807, 2.05) is 25.1 Å². The first-order valence-electron chi connectivity index (χ1n) is 9.97. The van der Waals surface area contributed by atoms with E-state index >= 15 is 0 Å². The lowest BCUT2D eigenvalue weighted by Crippen LogP contribution is -2.28. The number of hydrogen-bond acceptors (Lipinski definition) is 3. The van der Waals surface area contributed by atoms with Crippen LogP contribution in [0.4, 0.5) is 0 Å². The van der Waals surface area contributed by atoms with Crippen molar-refractivity contribution in [2.45, 2.75) is 19.5 Å². The van der Waals surface area contributed by atoms with E-state index in [9.17, 15) is 4.79 Å². The molecule has 1 N–H and O–H groups in total. The third-order valence-corrected chi connectivity index (χ3v) is 5.37. The van der Waals surface area contributed by atoms with Crippen LogP contribution in [-0.2, 0) is 6.54 Å². The first-order valence-corrected chi connectivity index (χ1v) is 9.97. The number of hydrogen-bond donors (Lipinski definition) is 1. The molecule has 1 unspecified atom stereocenters. The first kappa shape index (κ1) is 18.2. The maximum atomic E-state index is 12.5. The number of fused-ring (bicyclic) bond motifs is 2. The van der Waals surface area contributed by atoms with E-state index in [0.29, 0.717) is 12.3 Å². The Hall–Kier alpha value is -3.86. The Balaban J connectivity index is 1.56. The SMILES string of the molecule is CC(NC(=O)c1ccco1)c1nc2ccccc2n1Cc1cccc2ccccc12. The zero-order chi connectivity index (χ0) is 20.5. The molecule has 0 spiro atoms. The molecule has 148 valence electrons. The van der Waals surface area contributed by atoms with Crippen LogP contribution < -0.4 is 5.32 Å². The predicted octanol–water partition coefficient (Wildman–Crippen LogP) is 5.32. The lowest BCUT2D eigenvalue weighted by molar-refractivity contribution is 0.0909. The van der Waals surface area contributed by atoms with Crippen LogP contribution in [0.3, 0.4) is 0 Å². The highest BCUT2D eigenvalue weighted by molar-refractivity contribution is 5.91. The van der Waals surface area contributed by atoms with Crippen molar-refractivity contribution >= 4 is 27.7 Å². The first-order chi connectivity index (χ1) is 14.7. The molecule has 0 bridgehead atoms. The quantitative estimate of drug-likeness (QED) is 0.438. The van der Waals surface area contributed by atoms with Gasteiger partial charge in [0.2, 0.25) is 0 Å². The summed E-state index contributed by atoms with van der Waals surface area (Å²) in [5.74, 6) is 0.846. The Morgan fingerprint density at radius 1 is 1.00 bits per heavy atom. The Labute approximate surface area is 174 Å². The summed E-state index contributed by atoms with van der Waals surface area (Å²) in [4.78, 5) is 17.3. The normalized spacial score (nSPS) is 12.3. The largest absolute Gasteiger partial charge is 0.459 e. The average Bonchev–Trinajstić information content (AvgIpc) is 3.43. The molecule has 5 heteroatoms. The summed E-state index contributed by atoms with van der Waals surface area (Å²) in [6.07, 6.45) is 1.50. The molecule has 0 fully saturated rings. The lowest BCUT2D eigenvalue weighted by atomic mass is 10.0. The van der Waals surface area contributed by atoms with Gasteiger partial charge in [-0.25, -0.2) is 4.98 Å². The van der Waals surface area contributed by atoms with Gasteiger partial charge < -0.3 is 14.3 Å². The number of carbonyl (C=O) groups is 1. The van der Waals surface area contributed by atoms with Crippen LogP contribution in [0.2, 0.25) is 0 Å². The van der Waals surface area contributed by atoms with Crippen molar-refractivity contribution in [3.05, 3.63) is 102 Å². The molecule has 2 heterocycles. The molecule has 1 atom stereocenters. The fraction of sp³-hybridized carbons (Fsp3) is 0.120. The van der Waals surface area contributed by atoms with Crippen LogP contribution in [0.15, 0.2) is 89.5 Å². The van der Waals surface area contributed by atoms with E-state index in [2.05, 4.69) is 58.4 Å². The summed E-state index contributed by atoms with van der Waals surface area (Å²) in [5, 5.41) is 5.43. The van der Waals surface area contributed by atoms with Gasteiger partial charge in [0.15, 0.2) is 5.76 Å². The van der Waals surface area contributed by atoms with Crippen molar-refractivity contribution < 1.29 is 9.21 Å². The van der Waals surface area contributed by atoms with Crippen LogP contribution in [0.5, 0.6) is 0 Å². The molecule has 3 aromatic carbocycles. The third kappa shape index (κ3) is 3.24. The summed E-state index contributed by atoms with van der Waals surface area (Å²) in [5.41, 5.74) is 3.16. The zero-order valence-corrected chi connectivity index (χ0v) is 16.6. The van der Waals surface area contributed by atoms with Gasteiger partial charge in [-0.2, -0.15) is 0 Å². The van der Waals surface area contributed by atoms with Crippen molar-refractivity contribution in [1.29, 1.82) is 0 Å². The average molecular weight is 395 g/mol. The summed E-state index contributed by atoms with van der Waals surface area (Å²) >= 11 is 0. The van der Waals surface area contributed by atoms with E-state index in [1.54, 1.807) is 12.1 Å². The topological polar surface area (TPSA) is 60.1 Å². The molecular weight excluding hydrogens is 374 g/mol. The number of para-hydroxylation sites is 2. The van der Waals surface area contributed by atoms with Crippen LogP contribution >= 0.6 is 0 Å². The smallest absolute Gasteiger partial charge is 0.287 e. The molecule has 5 aromatic rings. The molecule has 1 amide bonds. The fourth-order valence-corrected chi connectivity index (χ4v) is 3.93. The Bertz CT molecular complexity index is 1330. The van der Waals surface area contributed by atoms with Gasteiger partial charge in [-0.15, -0.1) is 0 Å². The highest BCUT2D eigenvalue weighted by Crippen LogP contribution is 2.25. The number of rotatable bonds is 5. The molecule has 0 saturated heterocycles. The molecule has 2 aromatic heterocycles. The van der Waals surface area contributed by atoms with Crippen LogP contribution in [0.25, 0.3) is 21.8 Å². The van der Waals surface area contributed by atoms with Crippen molar-refractivity contribution in [2.24, 2.45) is 0 Å². The maximum absolute atomic E-state index is 12.5. The van der Waals surface area contributed by atoms with Gasteiger partial charge in [0, 0.05) is 0 Å². The Kier molecular flexibility index (Phi) is 4.56. The molecule has 5 nitrogen and oxygen atoms in total. The second-order valence-electron chi connectivity index (χ2n) is 7.36. The minimum absolute atomic E-state index is 0.253. The van der Waals surface area contributed by atoms with Gasteiger partial charge in [0.25, 0.3) is 5.91 Å². The number of imidazole rings is 1. The van der Waals surface area contributed by atoms with Gasteiger partial charge in [-0.3, -0.25) is 4.79 Å². The van der Waals surface area contributed by atoms with Crippen molar-refractivity contribution in [3.63, 3.8) is 0 Å². The summed E-state index contributed by atoms with van der Waals surface area (Å²) in [6, 6.07) is 25.9. The molecular formula is C25H21N3O2. The number of nitrogens with zero attached hydrogens (tertiary/aromatic N) is 2. The van der Waals surface area contributed by atoms with Crippen LogP contribution in [0.1, 0.15) is 34.9 Å². The van der Waals surface area contributed by atoms with Gasteiger partial charge in [0.05, 0.1) is 29.9 Å². The van der Waals surface area contributed by atoms with Crippen LogP contribution in [-0.4, -0.2) is 15.5 Å². The monoisotopic (exact) mass is 395 g/mol. The standard InChI is InChI=1S/C25H21N3O2/c1-17(26-25(29)23-14-7-15-30-23)24-27-21-12-4-5-13-22(21)28(24)16-19-10-6-9-18-8-2-3-11-20(18)19/h2-15,17H,16H2,1H3,(H,26,29). The number of carbonyl (C=O) groups excluding carboxylic acids is 1. The number of benzene rings is 3. The summed E-state index contributed by atoms with van der Waals surface area (Å²) in [7, 11) is 0. The molecule has 0 aliphatic rings. The molecule has 0 aliphatic heterocycles. The lowest BCUT2D eigenvalue weighted by Gasteiger charge is -2.17. The Morgan fingerprint density at radius 3 is 2.67 bits per heavy atom. The molecule has 0 radical (unpaired) electrons. The van der Waals surface area contributed by atoms with Gasteiger partial charge in [-0.05, 0) is 47.5 Å². The summed E-state index contributed by atoms with van der Waals surface area (Å²) < 4.78 is 7.41. The van der Waals surface area contributed by atoms with Crippen molar-refractivity contribution in [3.8, 4) is 0 Å². The van der Waals surface area contributed by atoms with E-state index in [1.165, 1.54) is 22.6 Å². The maximum Gasteiger partial charge on any atom is 0.287 e. The van der Waals surface area contributed by atoms with E-state index < -0.39 is 0 Å². The van der Waals surface area contributed by atoms with Gasteiger partial charge in [-0.1, -0.05) is 54.6 Å². The second-order valence-corrected chi connectivity index (χ2v) is 7.36. The number of amides is 1. The zero-order valence-electron chi connectivity index (χ0n) is 16.6. The second kappa shape index (κ2) is 7.52. The van der Waals surface area contributed by atoms with Gasteiger partial charge in [0.1, 0.15) is 5.82 Å². The van der Waals surface area contributed by atoms with E-state index in [-0.39, 0.29) is 11.9 Å². The minimum Gasteiger partial charge on any atom is -0.459 e. The number of nitrogens with one attached hydrogen (secondary N) is 1. The minimum atomic E-state index is -0.287. The van der Waals surface area contributed by atoms with E-state index in [0.717, 1.165) is 16.9 Å². The van der Waals surface area contributed by atoms with Crippen LogP contribution in [0, 0.1) is 0 Å². The molecule has 30 heavy (non-hydrogen) atoms. The number of furan rings is 1. The molecule has 0 saturated carbocycles. The third-order valence-electron chi connectivity index (χ3n) is 5.37. The summed E-state index contributed by atoms with van der Waals surface area (Å²) in [6.45, 7) is 2.61. The Morgan fingerprint density at radius 2 is 1.80 bits per heavy atom. The highest BCUT2D eigenvalue weighted by atomic mass is 16.3. The fourth-order valence-electron chi connectivity index (χ4n) is 3.93. The van der Waals surface area contributed by atoms with Crippen molar-refractivity contribution in [2.75, 3.05) is 0 Å². The molecule has 5 rings (SSSR count). The van der Waals surface area contributed by atoms with Crippen molar-refractivity contribution in [1.82, 2.24) is 14.9 Å². The van der Waals surface area contributed by atoms with E-state index in [4.69, 9.17) is 9.40 Å². The van der Waals surface area contributed by atoms with Gasteiger partial charge >= 0.3 is 0 Å². The number of aromatic nitrogens is 2. The highest BCUT2D eigenvalue weighted by Gasteiger charge is 2.20.